The van der Waals surface area contributed by atoms with Gasteiger partial charge in [0, 0.05) is 21.5 Å². The van der Waals surface area contributed by atoms with Gasteiger partial charge >= 0.3 is 11.6 Å². The maximum Gasteiger partial charge on any atom is 0.336 e. The van der Waals surface area contributed by atoms with E-state index in [1.807, 2.05) is 0 Å². The van der Waals surface area contributed by atoms with Crippen molar-refractivity contribution < 1.29 is 23.2 Å². The molecular formula is C20H18BrNO6. The molecule has 0 radical (unpaired) electrons. The number of halogens is 1. The van der Waals surface area contributed by atoms with E-state index in [1.54, 1.807) is 38.1 Å². The van der Waals surface area contributed by atoms with Crippen molar-refractivity contribution in [3.63, 3.8) is 0 Å². The Kier molecular flexibility index (Phi) is 5.99. The molecule has 0 aliphatic rings. The average molecular weight is 448 g/mol. The van der Waals surface area contributed by atoms with Gasteiger partial charge in [0.25, 0.3) is 5.91 Å². The standard InChI is InChI=1S/C20H18BrNO6/c1-11(2)18(22-19(24)15-4-3-7-26-15)20(25)27-10-12-8-17(23)28-16-9-13(21)5-6-14(12)16/h3-9,11,18H,10H2,1-2H3,(H,22,24)/t18-/m0/s1. The largest absolute Gasteiger partial charge is 0.459 e. The number of hydrogen-bond acceptors (Lipinski definition) is 6. The molecule has 1 N–H and O–H groups in total. The number of ether oxygens (including phenoxy) is 1. The van der Waals surface area contributed by atoms with Crippen LogP contribution in [0, 0.1) is 5.92 Å². The second-order valence-electron chi connectivity index (χ2n) is 6.51. The van der Waals surface area contributed by atoms with Crippen molar-refractivity contribution in [2.45, 2.75) is 26.5 Å². The van der Waals surface area contributed by atoms with Crippen LogP contribution in [0.25, 0.3) is 11.0 Å². The van der Waals surface area contributed by atoms with E-state index in [9.17, 15) is 14.4 Å². The maximum absolute atomic E-state index is 12.6. The van der Waals surface area contributed by atoms with Crippen molar-refractivity contribution in [2.24, 2.45) is 5.92 Å². The molecule has 8 heteroatoms. The zero-order valence-electron chi connectivity index (χ0n) is 15.2. The van der Waals surface area contributed by atoms with Gasteiger partial charge in [-0.2, -0.15) is 0 Å². The molecule has 2 heterocycles. The zero-order valence-corrected chi connectivity index (χ0v) is 16.8. The van der Waals surface area contributed by atoms with E-state index >= 15 is 0 Å². The van der Waals surface area contributed by atoms with Gasteiger partial charge in [-0.05, 0) is 36.2 Å². The van der Waals surface area contributed by atoms with E-state index in [1.165, 1.54) is 18.4 Å². The molecule has 0 unspecified atom stereocenters. The van der Waals surface area contributed by atoms with Gasteiger partial charge in [-0.3, -0.25) is 4.79 Å². The fourth-order valence-corrected chi connectivity index (χ4v) is 3.02. The third kappa shape index (κ3) is 4.51. The number of rotatable bonds is 6. The molecule has 1 amide bonds. The van der Waals surface area contributed by atoms with Crippen molar-refractivity contribution in [1.82, 2.24) is 5.32 Å². The lowest BCUT2D eigenvalue weighted by atomic mass is 10.0. The first-order chi connectivity index (χ1) is 13.3. The summed E-state index contributed by atoms with van der Waals surface area (Å²) in [4.78, 5) is 36.5. The van der Waals surface area contributed by atoms with E-state index in [0.717, 1.165) is 4.47 Å². The molecule has 1 atom stereocenters. The summed E-state index contributed by atoms with van der Waals surface area (Å²) in [7, 11) is 0. The van der Waals surface area contributed by atoms with Crippen LogP contribution in [-0.4, -0.2) is 17.9 Å². The number of carbonyl (C=O) groups is 2. The Morgan fingerprint density at radius 1 is 1.21 bits per heavy atom. The van der Waals surface area contributed by atoms with Gasteiger partial charge in [0.1, 0.15) is 18.2 Å². The molecule has 0 saturated carbocycles. The van der Waals surface area contributed by atoms with Crippen LogP contribution in [-0.2, 0) is 16.1 Å². The normalized spacial score (nSPS) is 12.1. The van der Waals surface area contributed by atoms with Gasteiger partial charge in [0.05, 0.1) is 6.26 Å². The van der Waals surface area contributed by atoms with Gasteiger partial charge in [0.2, 0.25) is 0 Å². The van der Waals surface area contributed by atoms with Crippen LogP contribution < -0.4 is 10.9 Å². The molecule has 28 heavy (non-hydrogen) atoms. The highest BCUT2D eigenvalue weighted by atomic mass is 79.9. The summed E-state index contributed by atoms with van der Waals surface area (Å²) in [5.41, 5.74) is 0.370. The van der Waals surface area contributed by atoms with Gasteiger partial charge in [-0.25, -0.2) is 9.59 Å². The van der Waals surface area contributed by atoms with Gasteiger partial charge in [0.15, 0.2) is 5.76 Å². The van der Waals surface area contributed by atoms with Crippen LogP contribution in [0.2, 0.25) is 0 Å². The minimum atomic E-state index is -0.863. The number of furan rings is 1. The second kappa shape index (κ2) is 8.43. The molecule has 146 valence electrons. The molecule has 7 nitrogen and oxygen atoms in total. The van der Waals surface area contributed by atoms with Crippen LogP contribution >= 0.6 is 15.9 Å². The molecule has 0 spiro atoms. The van der Waals surface area contributed by atoms with Crippen molar-refractivity contribution in [2.75, 3.05) is 0 Å². The predicted molar refractivity (Wildman–Crippen MR) is 105 cm³/mol. The minimum absolute atomic E-state index is 0.107. The summed E-state index contributed by atoms with van der Waals surface area (Å²) >= 11 is 3.32. The molecule has 0 fully saturated rings. The average Bonchev–Trinajstić information content (AvgIpc) is 3.17. The summed E-state index contributed by atoms with van der Waals surface area (Å²) in [5.74, 6) is -1.21. The first-order valence-electron chi connectivity index (χ1n) is 8.58. The Hall–Kier alpha value is -2.87. The predicted octanol–water partition coefficient (Wildman–Crippen LogP) is 3.65. The number of fused-ring (bicyclic) bond motifs is 1. The van der Waals surface area contributed by atoms with Crippen LogP contribution in [0.1, 0.15) is 30.0 Å². The first-order valence-corrected chi connectivity index (χ1v) is 9.37. The highest BCUT2D eigenvalue weighted by molar-refractivity contribution is 9.10. The lowest BCUT2D eigenvalue weighted by Crippen LogP contribution is -2.45. The Morgan fingerprint density at radius 3 is 2.68 bits per heavy atom. The van der Waals surface area contributed by atoms with Crippen LogP contribution in [0.5, 0.6) is 0 Å². The monoisotopic (exact) mass is 447 g/mol. The van der Waals surface area contributed by atoms with Crippen molar-refractivity contribution >= 4 is 38.8 Å². The van der Waals surface area contributed by atoms with Crippen LogP contribution in [0.15, 0.2) is 60.8 Å². The highest BCUT2D eigenvalue weighted by Crippen LogP contribution is 2.22. The number of esters is 1. The summed E-state index contributed by atoms with van der Waals surface area (Å²) in [5, 5.41) is 3.28. The molecule has 2 aromatic heterocycles. The van der Waals surface area contributed by atoms with E-state index in [2.05, 4.69) is 21.2 Å². The quantitative estimate of drug-likeness (QED) is 0.457. The molecule has 0 aliphatic carbocycles. The summed E-state index contributed by atoms with van der Waals surface area (Å²) in [6.07, 6.45) is 1.38. The highest BCUT2D eigenvalue weighted by Gasteiger charge is 2.27. The molecule has 1 aromatic carbocycles. The fourth-order valence-electron chi connectivity index (χ4n) is 2.68. The van der Waals surface area contributed by atoms with E-state index < -0.39 is 23.5 Å². The number of amides is 1. The maximum atomic E-state index is 12.6. The number of carbonyl (C=O) groups excluding carboxylic acids is 2. The topological polar surface area (TPSA) is 98.8 Å². The van der Waals surface area contributed by atoms with E-state index in [0.29, 0.717) is 16.5 Å². The lowest BCUT2D eigenvalue weighted by Gasteiger charge is -2.20. The molecule has 0 saturated heterocycles. The van der Waals surface area contributed by atoms with Crippen molar-refractivity contribution in [3.05, 3.63) is 68.9 Å². The van der Waals surface area contributed by atoms with Crippen molar-refractivity contribution in [1.29, 1.82) is 0 Å². The SMILES string of the molecule is CC(C)[C@H](NC(=O)c1ccco1)C(=O)OCc1cc(=O)oc2cc(Br)ccc12. The second-order valence-corrected chi connectivity index (χ2v) is 7.43. The Balaban J connectivity index is 1.75. The molecule has 3 rings (SSSR count). The first kappa shape index (κ1) is 19.9. The molecule has 3 aromatic rings. The number of hydrogen-bond donors (Lipinski definition) is 1. The molecule has 0 bridgehead atoms. The number of benzene rings is 1. The zero-order chi connectivity index (χ0) is 20.3. The minimum Gasteiger partial charge on any atom is -0.459 e. The Bertz CT molecular complexity index is 1050. The van der Waals surface area contributed by atoms with E-state index in [-0.39, 0.29) is 18.3 Å². The van der Waals surface area contributed by atoms with Crippen LogP contribution in [0.4, 0.5) is 0 Å². The fraction of sp³-hybridized carbons (Fsp3) is 0.250. The van der Waals surface area contributed by atoms with Gasteiger partial charge in [-0.15, -0.1) is 0 Å². The van der Waals surface area contributed by atoms with Crippen molar-refractivity contribution in [3.8, 4) is 0 Å². The van der Waals surface area contributed by atoms with Crippen LogP contribution in [0.3, 0.4) is 0 Å². The Morgan fingerprint density at radius 2 is 2.00 bits per heavy atom. The smallest absolute Gasteiger partial charge is 0.336 e. The lowest BCUT2D eigenvalue weighted by molar-refractivity contribution is -0.148. The molecular weight excluding hydrogens is 430 g/mol. The molecule has 0 aliphatic heterocycles. The number of nitrogens with one attached hydrogen (secondary N) is 1. The third-order valence-corrected chi connectivity index (χ3v) is 4.61. The van der Waals surface area contributed by atoms with Gasteiger partial charge in [-0.1, -0.05) is 29.8 Å². The summed E-state index contributed by atoms with van der Waals surface area (Å²) in [6.45, 7) is 3.46. The Labute approximate surface area is 168 Å². The van der Waals surface area contributed by atoms with Gasteiger partial charge < -0.3 is 18.9 Å². The summed E-state index contributed by atoms with van der Waals surface area (Å²) in [6, 6.07) is 8.75. The van der Waals surface area contributed by atoms with E-state index in [4.69, 9.17) is 13.6 Å². The summed E-state index contributed by atoms with van der Waals surface area (Å²) < 4.78 is 16.4. The third-order valence-electron chi connectivity index (χ3n) is 4.11.